The fourth-order valence-corrected chi connectivity index (χ4v) is 2.67. The predicted molar refractivity (Wildman–Crippen MR) is 95.3 cm³/mol. The van der Waals surface area contributed by atoms with Crippen LogP contribution in [0.3, 0.4) is 0 Å². The largest absolute Gasteiger partial charge is 0.457 e. The van der Waals surface area contributed by atoms with Crippen LogP contribution in [0.5, 0.6) is 11.5 Å². The average molecular weight is 361 g/mol. The van der Waals surface area contributed by atoms with Gasteiger partial charge in [0, 0.05) is 16.1 Å². The highest BCUT2D eigenvalue weighted by atomic mass is 35.5. The molecule has 0 unspecified atom stereocenters. The molecule has 2 aromatic carbocycles. The van der Waals surface area contributed by atoms with Crippen molar-refractivity contribution in [3.8, 4) is 11.5 Å². The summed E-state index contributed by atoms with van der Waals surface area (Å²) >= 11 is 7.10. The van der Waals surface area contributed by atoms with E-state index < -0.39 is 5.56 Å². The molecule has 24 heavy (non-hydrogen) atoms. The van der Waals surface area contributed by atoms with Crippen LogP contribution >= 0.6 is 23.5 Å². The minimum Gasteiger partial charge on any atom is -0.457 e. The third kappa shape index (κ3) is 4.04. The van der Waals surface area contributed by atoms with E-state index in [1.807, 2.05) is 24.3 Å². The Balaban J connectivity index is 1.63. The molecule has 0 amide bonds. The molecule has 1 aromatic heterocycles. The van der Waals surface area contributed by atoms with Crippen molar-refractivity contribution < 1.29 is 9.94 Å². The maximum absolute atomic E-state index is 11.7. The normalized spacial score (nSPS) is 10.4. The lowest BCUT2D eigenvalue weighted by Gasteiger charge is -2.08. The molecule has 122 valence electrons. The maximum atomic E-state index is 11.7. The Morgan fingerprint density at radius 1 is 1.00 bits per heavy atom. The van der Waals surface area contributed by atoms with Gasteiger partial charge in [-0.3, -0.25) is 4.79 Å². The number of nitrogens with zero attached hydrogens (tertiary/aromatic N) is 1. The second-order valence-corrected chi connectivity index (χ2v) is 6.12. The number of nitrogens with one attached hydrogen (secondary N) is 1. The SMILES string of the molecule is O=c1c(NSc2ccc(Oc3ccc(Cl)cc3)cc2)cccn1O. The molecule has 0 bridgehead atoms. The molecule has 3 aromatic rings. The van der Waals surface area contributed by atoms with Crippen LogP contribution in [0.1, 0.15) is 0 Å². The molecule has 0 atom stereocenters. The van der Waals surface area contributed by atoms with Crippen molar-refractivity contribution >= 4 is 29.2 Å². The van der Waals surface area contributed by atoms with Gasteiger partial charge in [0.1, 0.15) is 17.2 Å². The van der Waals surface area contributed by atoms with Crippen LogP contribution in [-0.4, -0.2) is 9.94 Å². The molecule has 0 saturated carbocycles. The highest BCUT2D eigenvalue weighted by molar-refractivity contribution is 8.00. The van der Waals surface area contributed by atoms with Crippen LogP contribution in [0.15, 0.2) is 76.6 Å². The summed E-state index contributed by atoms with van der Waals surface area (Å²) in [5.41, 5.74) is -0.209. The van der Waals surface area contributed by atoms with Gasteiger partial charge in [-0.15, -0.1) is 0 Å². The summed E-state index contributed by atoms with van der Waals surface area (Å²) in [6.07, 6.45) is 1.28. The van der Waals surface area contributed by atoms with Gasteiger partial charge in [0.05, 0.1) is 0 Å². The van der Waals surface area contributed by atoms with Gasteiger partial charge < -0.3 is 14.7 Å². The molecule has 2 N–H and O–H groups in total. The Morgan fingerprint density at radius 3 is 2.29 bits per heavy atom. The summed E-state index contributed by atoms with van der Waals surface area (Å²) in [4.78, 5) is 12.6. The molecule has 0 spiro atoms. The molecule has 0 aliphatic carbocycles. The topological polar surface area (TPSA) is 63.5 Å². The van der Waals surface area contributed by atoms with Crippen LogP contribution in [0.2, 0.25) is 5.02 Å². The van der Waals surface area contributed by atoms with Gasteiger partial charge in [-0.2, -0.15) is 4.73 Å². The molecule has 0 aliphatic rings. The zero-order valence-corrected chi connectivity index (χ0v) is 13.9. The molecular weight excluding hydrogens is 348 g/mol. The molecule has 1 heterocycles. The van der Waals surface area contributed by atoms with E-state index in [9.17, 15) is 10.0 Å². The number of anilines is 1. The van der Waals surface area contributed by atoms with E-state index >= 15 is 0 Å². The third-order valence-corrected chi connectivity index (χ3v) is 4.16. The summed E-state index contributed by atoms with van der Waals surface area (Å²) in [5, 5.41) is 9.98. The molecule has 5 nitrogen and oxygen atoms in total. The fraction of sp³-hybridized carbons (Fsp3) is 0. The van der Waals surface area contributed by atoms with Crippen molar-refractivity contribution in [2.75, 3.05) is 4.72 Å². The van der Waals surface area contributed by atoms with Gasteiger partial charge in [0.2, 0.25) is 0 Å². The summed E-state index contributed by atoms with van der Waals surface area (Å²) in [5.74, 6) is 1.39. The van der Waals surface area contributed by atoms with Crippen molar-refractivity contribution in [1.29, 1.82) is 0 Å². The zero-order valence-electron chi connectivity index (χ0n) is 12.3. The van der Waals surface area contributed by atoms with E-state index in [1.165, 1.54) is 18.1 Å². The van der Waals surface area contributed by atoms with Crippen LogP contribution in [-0.2, 0) is 0 Å². The number of benzene rings is 2. The fourth-order valence-electron chi connectivity index (χ4n) is 1.89. The zero-order chi connectivity index (χ0) is 16.9. The van der Waals surface area contributed by atoms with Gasteiger partial charge >= 0.3 is 5.56 Å². The van der Waals surface area contributed by atoms with Crippen LogP contribution < -0.4 is 15.0 Å². The van der Waals surface area contributed by atoms with Gasteiger partial charge in [-0.05, 0) is 72.6 Å². The molecule has 0 aliphatic heterocycles. The van der Waals surface area contributed by atoms with Gasteiger partial charge in [0.25, 0.3) is 0 Å². The first-order valence-electron chi connectivity index (χ1n) is 6.99. The Hall–Kier alpha value is -2.57. The Morgan fingerprint density at radius 2 is 1.62 bits per heavy atom. The second-order valence-electron chi connectivity index (χ2n) is 4.80. The lowest BCUT2D eigenvalue weighted by molar-refractivity contribution is 0.175. The number of pyridine rings is 1. The van der Waals surface area contributed by atoms with Crippen molar-refractivity contribution in [2.24, 2.45) is 0 Å². The number of halogens is 1. The van der Waals surface area contributed by atoms with E-state index in [0.29, 0.717) is 26.9 Å². The first-order chi connectivity index (χ1) is 11.6. The summed E-state index contributed by atoms with van der Waals surface area (Å²) < 4.78 is 9.16. The number of hydrogen-bond donors (Lipinski definition) is 2. The predicted octanol–water partition coefficient (Wildman–Crippen LogP) is 4.65. The smallest absolute Gasteiger partial charge is 0.306 e. The molecule has 0 saturated heterocycles. The van der Waals surface area contributed by atoms with E-state index in [0.717, 1.165) is 4.90 Å². The van der Waals surface area contributed by atoms with Crippen LogP contribution in [0.4, 0.5) is 5.69 Å². The van der Waals surface area contributed by atoms with Crippen molar-refractivity contribution in [1.82, 2.24) is 4.73 Å². The lowest BCUT2D eigenvalue weighted by Crippen LogP contribution is -2.18. The minimum atomic E-state index is -0.507. The standard InChI is InChI=1S/C17H13ClN2O3S/c18-12-3-5-13(6-4-12)23-14-7-9-15(10-8-14)24-19-16-2-1-11-20(22)17(16)21/h1-11,19,22H. The number of aromatic nitrogens is 1. The molecule has 0 radical (unpaired) electrons. The molecular formula is C17H13ClN2O3S. The van der Waals surface area contributed by atoms with Gasteiger partial charge in [-0.25, -0.2) is 0 Å². The minimum absolute atomic E-state index is 0.298. The van der Waals surface area contributed by atoms with E-state index in [-0.39, 0.29) is 0 Å². The lowest BCUT2D eigenvalue weighted by atomic mass is 10.3. The van der Waals surface area contributed by atoms with E-state index in [2.05, 4.69) is 4.72 Å². The molecule has 7 heteroatoms. The summed E-state index contributed by atoms with van der Waals surface area (Å²) in [6, 6.07) is 17.7. The summed E-state index contributed by atoms with van der Waals surface area (Å²) in [6.45, 7) is 0. The Bertz CT molecular complexity index is 880. The van der Waals surface area contributed by atoms with Crippen molar-refractivity contribution in [2.45, 2.75) is 4.90 Å². The maximum Gasteiger partial charge on any atom is 0.306 e. The number of ether oxygens (including phenoxy) is 1. The van der Waals surface area contributed by atoms with E-state index in [1.54, 1.807) is 36.4 Å². The van der Waals surface area contributed by atoms with Gasteiger partial charge in [0.15, 0.2) is 0 Å². The van der Waals surface area contributed by atoms with Gasteiger partial charge in [-0.1, -0.05) is 11.6 Å². The average Bonchev–Trinajstić information content (AvgIpc) is 2.59. The first kappa shape index (κ1) is 16.3. The van der Waals surface area contributed by atoms with Crippen LogP contribution in [0.25, 0.3) is 0 Å². The highest BCUT2D eigenvalue weighted by Gasteiger charge is 2.03. The molecule has 3 rings (SSSR count). The van der Waals surface area contributed by atoms with Crippen LogP contribution in [0, 0.1) is 0 Å². The number of rotatable bonds is 5. The monoisotopic (exact) mass is 360 g/mol. The quantitative estimate of drug-likeness (QED) is 0.512. The Labute approximate surface area is 147 Å². The molecule has 0 fully saturated rings. The number of hydrogen-bond acceptors (Lipinski definition) is 5. The summed E-state index contributed by atoms with van der Waals surface area (Å²) in [7, 11) is 0. The first-order valence-corrected chi connectivity index (χ1v) is 8.18. The van der Waals surface area contributed by atoms with Crippen molar-refractivity contribution in [3.05, 3.63) is 82.2 Å². The third-order valence-electron chi connectivity index (χ3n) is 3.08. The highest BCUT2D eigenvalue weighted by Crippen LogP contribution is 2.26. The Kier molecular flexibility index (Phi) is 4.98. The second kappa shape index (κ2) is 7.33. The van der Waals surface area contributed by atoms with E-state index in [4.69, 9.17) is 16.3 Å². The van der Waals surface area contributed by atoms with Crippen molar-refractivity contribution in [3.63, 3.8) is 0 Å².